The van der Waals surface area contributed by atoms with E-state index in [1.807, 2.05) is 19.1 Å². The van der Waals surface area contributed by atoms with Gasteiger partial charge in [-0.05, 0) is 53.7 Å². The highest BCUT2D eigenvalue weighted by Gasteiger charge is 2.59. The molecule has 5 atom stereocenters. The lowest BCUT2D eigenvalue weighted by atomic mass is 9.47. The molecule has 2 aromatic rings. The van der Waals surface area contributed by atoms with Gasteiger partial charge in [-0.2, -0.15) is 0 Å². The van der Waals surface area contributed by atoms with Crippen LogP contribution < -0.4 is 5.32 Å². The zero-order valence-electron chi connectivity index (χ0n) is 21.1. The number of aliphatic carboxylic acids is 1. The van der Waals surface area contributed by atoms with Gasteiger partial charge in [0.2, 0.25) is 0 Å². The van der Waals surface area contributed by atoms with E-state index in [0.717, 1.165) is 16.1 Å². The van der Waals surface area contributed by atoms with Gasteiger partial charge in [-0.15, -0.1) is 11.3 Å². The molecule has 1 saturated carbocycles. The number of carbonyl (C=O) groups excluding carboxylic acids is 1. The van der Waals surface area contributed by atoms with E-state index in [9.17, 15) is 24.9 Å². The minimum atomic E-state index is -0.905. The summed E-state index contributed by atoms with van der Waals surface area (Å²) in [4.78, 5) is 30.5. The van der Waals surface area contributed by atoms with Crippen LogP contribution in [0.1, 0.15) is 86.3 Å². The molecule has 7 nitrogen and oxygen atoms in total. The highest BCUT2D eigenvalue weighted by atomic mass is 32.1. The Morgan fingerprint density at radius 2 is 1.86 bits per heavy atom. The molecule has 0 unspecified atom stereocenters. The molecule has 0 bridgehead atoms. The number of aliphatic hydroxyl groups is 2. The summed E-state index contributed by atoms with van der Waals surface area (Å²) in [6, 6.07) is 7.52. The standard InChI is InChI=1S/C27H36N2O5S/c1-25(2,3)16-8-6-15(7-9-16)23(34)29-24-28-22-17(12-21(32)33)26(4)11-10-20(31)27(5,14-30)19(26)13-18(22)35-24/h6-9,17,19-20,30-31H,10-14H2,1-5H3,(H,32,33)(H,28,29,34)/t17-,19+,20-,26+,27+/m1/s1. The van der Waals surface area contributed by atoms with Crippen molar-refractivity contribution in [3.8, 4) is 0 Å². The summed E-state index contributed by atoms with van der Waals surface area (Å²) in [7, 11) is 0. The molecule has 1 heterocycles. The largest absolute Gasteiger partial charge is 0.481 e. The van der Waals surface area contributed by atoms with Crippen molar-refractivity contribution in [2.45, 2.75) is 77.7 Å². The number of aromatic nitrogens is 1. The Kier molecular flexibility index (Phi) is 6.62. The maximum absolute atomic E-state index is 12.9. The van der Waals surface area contributed by atoms with Crippen molar-refractivity contribution in [2.75, 3.05) is 11.9 Å². The maximum Gasteiger partial charge on any atom is 0.304 e. The van der Waals surface area contributed by atoms with Crippen molar-refractivity contribution in [1.82, 2.24) is 4.98 Å². The Balaban J connectivity index is 1.66. The molecule has 4 N–H and O–H groups in total. The molecule has 190 valence electrons. The highest BCUT2D eigenvalue weighted by molar-refractivity contribution is 7.15. The van der Waals surface area contributed by atoms with E-state index in [4.69, 9.17) is 4.98 Å². The van der Waals surface area contributed by atoms with Crippen LogP contribution in [0.2, 0.25) is 0 Å². The van der Waals surface area contributed by atoms with Crippen LogP contribution in [-0.2, 0) is 16.6 Å². The predicted octanol–water partition coefficient (Wildman–Crippen LogP) is 4.58. The van der Waals surface area contributed by atoms with Crippen LogP contribution in [0, 0.1) is 16.7 Å². The molecule has 0 spiro atoms. The maximum atomic E-state index is 12.9. The van der Waals surface area contributed by atoms with Crippen LogP contribution in [0.15, 0.2) is 24.3 Å². The van der Waals surface area contributed by atoms with Gasteiger partial charge in [-0.3, -0.25) is 14.9 Å². The number of nitrogens with zero attached hydrogens (tertiary/aromatic N) is 1. The number of nitrogens with one attached hydrogen (secondary N) is 1. The number of hydrogen-bond donors (Lipinski definition) is 4. The molecule has 2 aliphatic rings. The van der Waals surface area contributed by atoms with E-state index in [2.05, 4.69) is 33.0 Å². The van der Waals surface area contributed by atoms with Crippen molar-refractivity contribution in [1.29, 1.82) is 0 Å². The lowest BCUT2D eigenvalue weighted by Gasteiger charge is -2.58. The summed E-state index contributed by atoms with van der Waals surface area (Å²) in [6.07, 6.45) is 1.02. The van der Waals surface area contributed by atoms with Gasteiger partial charge in [0.15, 0.2) is 5.13 Å². The van der Waals surface area contributed by atoms with Crippen LogP contribution in [0.25, 0.3) is 0 Å². The number of thiazole rings is 1. The van der Waals surface area contributed by atoms with Gasteiger partial charge in [0.1, 0.15) is 0 Å². The molecule has 1 amide bonds. The van der Waals surface area contributed by atoms with Crippen molar-refractivity contribution >= 4 is 28.3 Å². The number of carboxylic acids is 1. The van der Waals surface area contributed by atoms with Gasteiger partial charge < -0.3 is 15.3 Å². The van der Waals surface area contributed by atoms with E-state index >= 15 is 0 Å². The average Bonchev–Trinajstić information content (AvgIpc) is 3.19. The number of anilines is 1. The van der Waals surface area contributed by atoms with Gasteiger partial charge in [0.05, 0.1) is 24.8 Å². The zero-order valence-corrected chi connectivity index (χ0v) is 21.9. The second-order valence-electron chi connectivity index (χ2n) is 11.7. The van der Waals surface area contributed by atoms with Crippen molar-refractivity contribution in [3.63, 3.8) is 0 Å². The van der Waals surface area contributed by atoms with Crippen LogP contribution in [0.3, 0.4) is 0 Å². The summed E-state index contributed by atoms with van der Waals surface area (Å²) < 4.78 is 0. The lowest BCUT2D eigenvalue weighted by molar-refractivity contribution is -0.150. The van der Waals surface area contributed by atoms with Crippen LogP contribution >= 0.6 is 11.3 Å². The molecular formula is C27H36N2O5S. The number of fused-ring (bicyclic) bond motifs is 2. The number of hydrogen-bond acceptors (Lipinski definition) is 6. The Hall–Kier alpha value is -2.29. The van der Waals surface area contributed by atoms with E-state index in [1.165, 1.54) is 11.3 Å². The van der Waals surface area contributed by atoms with Gasteiger partial charge in [-0.25, -0.2) is 4.98 Å². The van der Waals surface area contributed by atoms with Crippen LogP contribution in [-0.4, -0.2) is 44.9 Å². The van der Waals surface area contributed by atoms with Gasteiger partial charge in [0.25, 0.3) is 5.91 Å². The van der Waals surface area contributed by atoms with Gasteiger partial charge in [-0.1, -0.05) is 46.8 Å². The Labute approximate surface area is 210 Å². The quantitative estimate of drug-likeness (QED) is 0.477. The van der Waals surface area contributed by atoms with Crippen molar-refractivity contribution in [3.05, 3.63) is 46.0 Å². The number of carboxylic acid groups (broad SMARTS) is 1. The molecular weight excluding hydrogens is 464 g/mol. The van der Waals surface area contributed by atoms with Crippen molar-refractivity contribution in [2.24, 2.45) is 16.7 Å². The second-order valence-corrected chi connectivity index (χ2v) is 12.8. The molecule has 1 aromatic carbocycles. The molecule has 4 rings (SSSR count). The summed E-state index contributed by atoms with van der Waals surface area (Å²) >= 11 is 1.36. The Bertz CT molecular complexity index is 1120. The lowest BCUT2D eigenvalue weighted by Crippen LogP contribution is -2.57. The number of benzene rings is 1. The van der Waals surface area contributed by atoms with Crippen LogP contribution in [0.4, 0.5) is 5.13 Å². The summed E-state index contributed by atoms with van der Waals surface area (Å²) in [5.41, 5.74) is 1.23. The molecule has 0 radical (unpaired) electrons. The monoisotopic (exact) mass is 500 g/mol. The highest BCUT2D eigenvalue weighted by Crippen LogP contribution is 2.62. The molecule has 1 fully saturated rings. The third-order valence-corrected chi connectivity index (χ3v) is 9.51. The number of amides is 1. The fourth-order valence-corrected chi connectivity index (χ4v) is 7.23. The van der Waals surface area contributed by atoms with Crippen molar-refractivity contribution < 1.29 is 24.9 Å². The predicted molar refractivity (Wildman–Crippen MR) is 136 cm³/mol. The molecule has 35 heavy (non-hydrogen) atoms. The van der Waals surface area contributed by atoms with E-state index in [1.54, 1.807) is 12.1 Å². The summed E-state index contributed by atoms with van der Waals surface area (Å²) in [5.74, 6) is -1.63. The smallest absolute Gasteiger partial charge is 0.304 e. The first-order valence-corrected chi connectivity index (χ1v) is 13.0. The van der Waals surface area contributed by atoms with E-state index < -0.39 is 22.9 Å². The molecule has 1 aromatic heterocycles. The fourth-order valence-electron chi connectivity index (χ4n) is 6.16. The Morgan fingerprint density at radius 1 is 1.20 bits per heavy atom. The minimum absolute atomic E-state index is 0.00788. The first-order valence-electron chi connectivity index (χ1n) is 12.2. The van der Waals surface area contributed by atoms with E-state index in [0.29, 0.717) is 30.0 Å². The first kappa shape index (κ1) is 25.8. The normalized spacial score (nSPS) is 30.3. The first-order chi connectivity index (χ1) is 16.3. The minimum Gasteiger partial charge on any atom is -0.481 e. The van der Waals surface area contributed by atoms with Gasteiger partial charge in [0, 0.05) is 21.8 Å². The Morgan fingerprint density at radius 3 is 2.43 bits per heavy atom. The van der Waals surface area contributed by atoms with E-state index in [-0.39, 0.29) is 36.2 Å². The molecule has 8 heteroatoms. The molecule has 2 aliphatic carbocycles. The average molecular weight is 501 g/mol. The fraction of sp³-hybridized carbons (Fsp3) is 0.593. The number of carbonyl (C=O) groups is 2. The summed E-state index contributed by atoms with van der Waals surface area (Å²) in [6.45, 7) is 10.2. The van der Waals surface area contributed by atoms with Gasteiger partial charge >= 0.3 is 5.97 Å². The number of aliphatic hydroxyl groups excluding tert-OH is 2. The topological polar surface area (TPSA) is 120 Å². The van der Waals surface area contributed by atoms with Crippen LogP contribution in [0.5, 0.6) is 0 Å². The second kappa shape index (κ2) is 8.98. The molecule has 0 saturated heterocycles. The number of rotatable bonds is 5. The third-order valence-electron chi connectivity index (χ3n) is 8.51. The third kappa shape index (κ3) is 4.52. The zero-order chi connectivity index (χ0) is 25.8. The summed E-state index contributed by atoms with van der Waals surface area (Å²) in [5, 5.41) is 34.1. The molecule has 0 aliphatic heterocycles. The SMILES string of the molecule is CC(C)(C)c1ccc(C(=O)Nc2nc3c(s2)C[C@@H]2[C@](C)(CO)[C@H](O)CC[C@@]2(C)[C@@H]3CC(=O)O)cc1.